The Morgan fingerprint density at radius 1 is 1.40 bits per heavy atom. The first-order chi connectivity index (χ1) is 9.49. The maximum Gasteiger partial charge on any atom is 0.239 e. The molecule has 0 radical (unpaired) electrons. The van der Waals surface area contributed by atoms with Crippen molar-refractivity contribution in [2.75, 3.05) is 24.2 Å². The van der Waals surface area contributed by atoms with Gasteiger partial charge in [0.1, 0.15) is 0 Å². The first-order valence-electron chi connectivity index (χ1n) is 6.62. The quantitative estimate of drug-likeness (QED) is 0.832. The number of fused-ring (bicyclic) bond motifs is 1. The van der Waals surface area contributed by atoms with Gasteiger partial charge in [0.05, 0.1) is 23.4 Å². The zero-order chi connectivity index (χ0) is 14.7. The first kappa shape index (κ1) is 14.1. The van der Waals surface area contributed by atoms with E-state index in [2.05, 4.69) is 10.3 Å². The lowest BCUT2D eigenvalue weighted by atomic mass is 10.1. The summed E-state index contributed by atoms with van der Waals surface area (Å²) in [6, 6.07) is 7.73. The molecule has 0 unspecified atom stereocenters. The molecular weight excluding hydrogens is 252 g/mol. The summed E-state index contributed by atoms with van der Waals surface area (Å²) in [4.78, 5) is 17.9. The molecule has 0 atom stereocenters. The van der Waals surface area contributed by atoms with Crippen LogP contribution in [-0.4, -0.2) is 30.5 Å². The number of benzene rings is 1. The molecule has 0 fully saturated rings. The van der Waals surface area contributed by atoms with E-state index in [1.165, 1.54) is 0 Å². The average molecular weight is 272 g/mol. The molecule has 1 aromatic heterocycles. The molecule has 5 heteroatoms. The fourth-order valence-corrected chi connectivity index (χ4v) is 2.16. The molecule has 1 amide bonds. The van der Waals surface area contributed by atoms with E-state index in [4.69, 9.17) is 5.73 Å². The summed E-state index contributed by atoms with van der Waals surface area (Å²) in [5.41, 5.74) is 8.52. The highest BCUT2D eigenvalue weighted by Gasteiger charge is 2.12. The van der Waals surface area contributed by atoms with Crippen LogP contribution in [0.3, 0.4) is 0 Å². The summed E-state index contributed by atoms with van der Waals surface area (Å²) in [5, 5.41) is 3.77. The number of aromatic nitrogens is 1. The van der Waals surface area contributed by atoms with Crippen molar-refractivity contribution in [2.45, 2.75) is 19.9 Å². The van der Waals surface area contributed by atoms with E-state index in [9.17, 15) is 4.79 Å². The molecule has 1 aromatic carbocycles. The van der Waals surface area contributed by atoms with Crippen molar-refractivity contribution in [3.8, 4) is 0 Å². The average Bonchev–Trinajstić information content (AvgIpc) is 2.38. The molecule has 0 aliphatic heterocycles. The van der Waals surface area contributed by atoms with Crippen LogP contribution in [0.15, 0.2) is 30.5 Å². The largest absolute Gasteiger partial charge is 0.396 e. The fourth-order valence-electron chi connectivity index (χ4n) is 2.16. The van der Waals surface area contributed by atoms with E-state index < -0.39 is 0 Å². The van der Waals surface area contributed by atoms with Crippen molar-refractivity contribution in [1.82, 2.24) is 10.3 Å². The number of hydrogen-bond donors (Lipinski definition) is 2. The molecular formula is C15H20N4O. The number of amides is 1. The lowest BCUT2D eigenvalue weighted by Crippen LogP contribution is -2.38. The zero-order valence-corrected chi connectivity index (χ0v) is 12.1. The molecule has 3 N–H and O–H groups in total. The highest BCUT2D eigenvalue weighted by atomic mass is 16.2. The number of nitrogens with zero attached hydrogens (tertiary/aromatic N) is 2. The molecule has 2 rings (SSSR count). The van der Waals surface area contributed by atoms with Gasteiger partial charge in [0, 0.05) is 24.7 Å². The predicted octanol–water partition coefficient (Wildman–Crippen LogP) is 1.78. The molecule has 20 heavy (non-hydrogen) atoms. The maximum atomic E-state index is 11.8. The topological polar surface area (TPSA) is 71.2 Å². The minimum Gasteiger partial charge on any atom is -0.396 e. The minimum atomic E-state index is -0.0202. The van der Waals surface area contributed by atoms with Crippen LogP contribution >= 0.6 is 0 Å². The maximum absolute atomic E-state index is 11.8. The summed E-state index contributed by atoms with van der Waals surface area (Å²) in [5.74, 6) is -0.0202. The Hall–Kier alpha value is -2.30. The molecule has 1 heterocycles. The number of nitrogens with one attached hydrogen (secondary N) is 1. The van der Waals surface area contributed by atoms with Gasteiger partial charge in [0.2, 0.25) is 5.91 Å². The van der Waals surface area contributed by atoms with Crippen LogP contribution in [0.2, 0.25) is 0 Å². The van der Waals surface area contributed by atoms with E-state index in [0.29, 0.717) is 5.69 Å². The number of nitrogens with two attached hydrogens (primary N) is 1. The van der Waals surface area contributed by atoms with Crippen molar-refractivity contribution in [3.63, 3.8) is 0 Å². The van der Waals surface area contributed by atoms with E-state index in [1.807, 2.05) is 50.1 Å². The van der Waals surface area contributed by atoms with Gasteiger partial charge in [0.15, 0.2) is 0 Å². The van der Waals surface area contributed by atoms with Gasteiger partial charge in [-0.25, -0.2) is 0 Å². The molecule has 0 aliphatic carbocycles. The Morgan fingerprint density at radius 3 is 2.85 bits per heavy atom. The van der Waals surface area contributed by atoms with Gasteiger partial charge >= 0.3 is 0 Å². The number of hydrogen-bond acceptors (Lipinski definition) is 4. The highest BCUT2D eigenvalue weighted by molar-refractivity contribution is 5.97. The third-order valence-electron chi connectivity index (χ3n) is 3.05. The van der Waals surface area contributed by atoms with Crippen molar-refractivity contribution < 1.29 is 4.79 Å². The third-order valence-corrected chi connectivity index (χ3v) is 3.05. The Labute approximate surface area is 118 Å². The second kappa shape index (κ2) is 5.77. The summed E-state index contributed by atoms with van der Waals surface area (Å²) >= 11 is 0. The Balaban J connectivity index is 2.24. The van der Waals surface area contributed by atoms with Crippen LogP contribution < -0.4 is 16.0 Å². The van der Waals surface area contributed by atoms with Crippen LogP contribution in [0.4, 0.5) is 11.4 Å². The monoisotopic (exact) mass is 272 g/mol. The SMILES string of the molecule is CC(C)NC(=O)CN(C)c1ccc2ncccc2c1N. The Bertz CT molecular complexity index is 624. The van der Waals surface area contributed by atoms with E-state index >= 15 is 0 Å². The van der Waals surface area contributed by atoms with Crippen molar-refractivity contribution in [2.24, 2.45) is 0 Å². The first-order valence-corrected chi connectivity index (χ1v) is 6.62. The minimum absolute atomic E-state index is 0.0202. The van der Waals surface area contributed by atoms with Crippen LogP contribution in [0, 0.1) is 0 Å². The zero-order valence-electron chi connectivity index (χ0n) is 12.1. The third kappa shape index (κ3) is 2.99. The molecule has 0 saturated heterocycles. The number of likely N-dealkylation sites (N-methyl/N-ethyl adjacent to an activating group) is 1. The van der Waals surface area contributed by atoms with Gasteiger partial charge in [-0.15, -0.1) is 0 Å². The number of anilines is 2. The number of carbonyl (C=O) groups is 1. The van der Waals surface area contributed by atoms with Crippen molar-refractivity contribution >= 4 is 28.2 Å². The molecule has 5 nitrogen and oxygen atoms in total. The number of rotatable bonds is 4. The fraction of sp³-hybridized carbons (Fsp3) is 0.333. The van der Waals surface area contributed by atoms with E-state index in [1.54, 1.807) is 6.20 Å². The summed E-state index contributed by atoms with van der Waals surface area (Å²) in [7, 11) is 1.85. The molecule has 106 valence electrons. The number of carbonyl (C=O) groups excluding carboxylic acids is 1. The van der Waals surface area contributed by atoms with Crippen LogP contribution in [0.5, 0.6) is 0 Å². The van der Waals surface area contributed by atoms with Gasteiger partial charge in [-0.1, -0.05) is 0 Å². The summed E-state index contributed by atoms with van der Waals surface area (Å²) in [6.07, 6.45) is 1.74. The normalized spacial score (nSPS) is 10.8. The summed E-state index contributed by atoms with van der Waals surface area (Å²) < 4.78 is 0. The highest BCUT2D eigenvalue weighted by Crippen LogP contribution is 2.29. The second-order valence-corrected chi connectivity index (χ2v) is 5.15. The van der Waals surface area contributed by atoms with Crippen molar-refractivity contribution in [1.29, 1.82) is 0 Å². The van der Waals surface area contributed by atoms with Gasteiger partial charge in [0.25, 0.3) is 0 Å². The van der Waals surface area contributed by atoms with Crippen LogP contribution in [0.25, 0.3) is 10.9 Å². The Morgan fingerprint density at radius 2 is 2.15 bits per heavy atom. The van der Waals surface area contributed by atoms with Crippen molar-refractivity contribution in [3.05, 3.63) is 30.5 Å². The molecule has 0 bridgehead atoms. The van der Waals surface area contributed by atoms with Gasteiger partial charge in [-0.05, 0) is 38.1 Å². The molecule has 2 aromatic rings. The lowest BCUT2D eigenvalue weighted by molar-refractivity contribution is -0.120. The number of nitrogen functional groups attached to an aromatic ring is 1. The summed E-state index contributed by atoms with van der Waals surface area (Å²) in [6.45, 7) is 4.15. The standard InChI is InChI=1S/C15H20N4O/c1-10(2)18-14(20)9-19(3)13-7-6-12-11(15(13)16)5-4-8-17-12/h4-8,10H,9,16H2,1-3H3,(H,18,20). The molecule has 0 aliphatic rings. The predicted molar refractivity (Wildman–Crippen MR) is 82.7 cm³/mol. The van der Waals surface area contributed by atoms with Crippen LogP contribution in [0.1, 0.15) is 13.8 Å². The Kier molecular flexibility index (Phi) is 4.08. The van der Waals surface area contributed by atoms with Gasteiger partial charge in [-0.2, -0.15) is 0 Å². The smallest absolute Gasteiger partial charge is 0.239 e. The molecule has 0 spiro atoms. The van der Waals surface area contributed by atoms with E-state index in [-0.39, 0.29) is 18.5 Å². The van der Waals surface area contributed by atoms with Gasteiger partial charge < -0.3 is 16.0 Å². The van der Waals surface area contributed by atoms with E-state index in [0.717, 1.165) is 16.6 Å². The molecule has 0 saturated carbocycles. The lowest BCUT2D eigenvalue weighted by Gasteiger charge is -2.22. The number of pyridine rings is 1. The van der Waals surface area contributed by atoms with Crippen LogP contribution in [-0.2, 0) is 4.79 Å². The van der Waals surface area contributed by atoms with Gasteiger partial charge in [-0.3, -0.25) is 9.78 Å². The second-order valence-electron chi connectivity index (χ2n) is 5.15.